The predicted octanol–water partition coefficient (Wildman–Crippen LogP) is 3.58. The molecule has 0 bridgehead atoms. The summed E-state index contributed by atoms with van der Waals surface area (Å²) in [5, 5.41) is 2.86. The smallest absolute Gasteiger partial charge is 0.272 e. The van der Waals surface area contributed by atoms with Crippen molar-refractivity contribution in [2.45, 2.75) is 19.4 Å². The van der Waals surface area contributed by atoms with Gasteiger partial charge in [-0.2, -0.15) is 0 Å². The van der Waals surface area contributed by atoms with Crippen molar-refractivity contribution in [1.29, 1.82) is 0 Å². The monoisotopic (exact) mass is 421 g/mol. The molecule has 2 aromatic heterocycles. The van der Waals surface area contributed by atoms with Gasteiger partial charge in [0.2, 0.25) is 5.95 Å². The lowest BCUT2D eigenvalue weighted by atomic mass is 10.2. The van der Waals surface area contributed by atoms with Gasteiger partial charge in [-0.25, -0.2) is 14.4 Å². The molecule has 1 aromatic carbocycles. The van der Waals surface area contributed by atoms with Gasteiger partial charge in [0.1, 0.15) is 11.5 Å². The topological polar surface area (TPSA) is 72.3 Å². The number of halogens is 1. The number of carbonyl (C=O) groups excluding carboxylic acids is 1. The van der Waals surface area contributed by atoms with E-state index in [1.54, 1.807) is 24.5 Å². The maximum absolute atomic E-state index is 13.2. The Balaban J connectivity index is 1.38. The number of carbonyl (C=O) groups is 1. The van der Waals surface area contributed by atoms with Gasteiger partial charge in [0.05, 0.1) is 13.2 Å². The fourth-order valence-corrected chi connectivity index (χ4v) is 3.71. The second kappa shape index (κ2) is 8.47. The van der Waals surface area contributed by atoms with E-state index in [-0.39, 0.29) is 11.7 Å². The molecule has 8 heteroatoms. The Morgan fingerprint density at radius 3 is 2.48 bits per heavy atom. The maximum atomic E-state index is 13.2. The number of anilines is 2. The molecule has 1 saturated heterocycles. The van der Waals surface area contributed by atoms with Crippen LogP contribution < -0.4 is 10.2 Å². The van der Waals surface area contributed by atoms with E-state index in [0.717, 1.165) is 30.8 Å². The van der Waals surface area contributed by atoms with Crippen LogP contribution in [0.25, 0.3) is 11.1 Å². The number of morpholine rings is 1. The average molecular weight is 421 g/mol. The highest BCUT2D eigenvalue weighted by Gasteiger charge is 2.25. The first-order valence-corrected chi connectivity index (χ1v) is 10.6. The zero-order valence-electron chi connectivity index (χ0n) is 17.1. The number of hydrogen-bond acceptors (Lipinski definition) is 5. The summed E-state index contributed by atoms with van der Waals surface area (Å²) < 4.78 is 20.5. The zero-order chi connectivity index (χ0) is 21.2. The Labute approximate surface area is 179 Å². The first-order chi connectivity index (χ1) is 15.2. The summed E-state index contributed by atoms with van der Waals surface area (Å²) in [5.74, 6) is 0.749. The highest BCUT2D eigenvalue weighted by molar-refractivity contribution is 6.04. The molecule has 1 saturated carbocycles. The summed E-state index contributed by atoms with van der Waals surface area (Å²) in [5.41, 5.74) is 2.90. The summed E-state index contributed by atoms with van der Waals surface area (Å²) in [6.07, 6.45) is 7.96. The van der Waals surface area contributed by atoms with Gasteiger partial charge < -0.3 is 19.5 Å². The molecule has 160 valence electrons. The van der Waals surface area contributed by atoms with Crippen molar-refractivity contribution in [3.63, 3.8) is 0 Å². The number of amides is 1. The van der Waals surface area contributed by atoms with E-state index >= 15 is 0 Å². The van der Waals surface area contributed by atoms with E-state index in [1.807, 2.05) is 16.8 Å². The number of ether oxygens (including phenoxy) is 1. The molecule has 1 aliphatic carbocycles. The molecule has 31 heavy (non-hydrogen) atoms. The van der Waals surface area contributed by atoms with Gasteiger partial charge in [-0.3, -0.25) is 4.79 Å². The van der Waals surface area contributed by atoms with Gasteiger partial charge in [0.25, 0.3) is 5.91 Å². The zero-order valence-corrected chi connectivity index (χ0v) is 17.1. The van der Waals surface area contributed by atoms with Gasteiger partial charge in [-0.1, -0.05) is 0 Å². The van der Waals surface area contributed by atoms with Crippen LogP contribution in [0.5, 0.6) is 0 Å². The van der Waals surface area contributed by atoms with Crippen LogP contribution in [0.1, 0.15) is 23.3 Å². The SMILES string of the molecule is O=C(Nc1ccc(F)cc1)c1cc(-c2cnc(N3CCOCC3)nc2)cn1CC1CC1. The van der Waals surface area contributed by atoms with Crippen molar-refractivity contribution in [3.05, 3.63) is 60.4 Å². The molecule has 1 aliphatic heterocycles. The van der Waals surface area contributed by atoms with Gasteiger partial charge in [0, 0.05) is 55.0 Å². The third kappa shape index (κ3) is 4.59. The Kier molecular flexibility index (Phi) is 5.38. The van der Waals surface area contributed by atoms with Gasteiger partial charge >= 0.3 is 0 Å². The van der Waals surface area contributed by atoms with Crippen LogP contribution >= 0.6 is 0 Å². The van der Waals surface area contributed by atoms with Gasteiger partial charge in [-0.05, 0) is 49.1 Å². The molecule has 1 N–H and O–H groups in total. The van der Waals surface area contributed by atoms with Crippen LogP contribution in [0.4, 0.5) is 16.0 Å². The third-order valence-electron chi connectivity index (χ3n) is 5.65. The first kappa shape index (κ1) is 19.7. The normalized spacial score (nSPS) is 16.4. The second-order valence-electron chi connectivity index (χ2n) is 8.04. The van der Waals surface area contributed by atoms with Crippen LogP contribution in [0.3, 0.4) is 0 Å². The number of nitrogens with one attached hydrogen (secondary N) is 1. The molecule has 2 aliphatic rings. The number of benzene rings is 1. The van der Waals surface area contributed by atoms with Crippen LogP contribution in [-0.2, 0) is 11.3 Å². The molecule has 0 atom stereocenters. The minimum absolute atomic E-state index is 0.218. The van der Waals surface area contributed by atoms with Crippen LogP contribution in [-0.4, -0.2) is 46.7 Å². The second-order valence-corrected chi connectivity index (χ2v) is 8.04. The van der Waals surface area contributed by atoms with E-state index < -0.39 is 0 Å². The molecule has 1 amide bonds. The number of aromatic nitrogens is 3. The Hall–Kier alpha value is -3.26. The molecule has 7 nitrogen and oxygen atoms in total. The van der Waals surface area contributed by atoms with Crippen LogP contribution in [0.15, 0.2) is 48.9 Å². The number of nitrogens with zero attached hydrogens (tertiary/aromatic N) is 4. The predicted molar refractivity (Wildman–Crippen MR) is 116 cm³/mol. The van der Waals surface area contributed by atoms with Crippen LogP contribution in [0.2, 0.25) is 0 Å². The maximum Gasteiger partial charge on any atom is 0.272 e. The molecular formula is C23H24FN5O2. The van der Waals surface area contributed by atoms with Crippen molar-refractivity contribution in [2.75, 3.05) is 36.5 Å². The van der Waals surface area contributed by atoms with E-state index in [4.69, 9.17) is 4.74 Å². The summed E-state index contributed by atoms with van der Waals surface area (Å²) in [6, 6.07) is 7.64. The van der Waals surface area contributed by atoms with Crippen molar-refractivity contribution in [3.8, 4) is 11.1 Å². The van der Waals surface area contributed by atoms with E-state index in [1.165, 1.54) is 25.0 Å². The Morgan fingerprint density at radius 1 is 1.10 bits per heavy atom. The average Bonchev–Trinajstić information content (AvgIpc) is 3.52. The summed E-state index contributed by atoms with van der Waals surface area (Å²) in [7, 11) is 0. The van der Waals surface area contributed by atoms with Crippen LogP contribution in [0, 0.1) is 11.7 Å². The van der Waals surface area contributed by atoms with Crippen molar-refractivity contribution in [2.24, 2.45) is 5.92 Å². The van der Waals surface area contributed by atoms with Crippen molar-refractivity contribution < 1.29 is 13.9 Å². The highest BCUT2D eigenvalue weighted by atomic mass is 19.1. The lowest BCUT2D eigenvalue weighted by Crippen LogP contribution is -2.37. The Morgan fingerprint density at radius 2 is 1.81 bits per heavy atom. The van der Waals surface area contributed by atoms with Gasteiger partial charge in [-0.15, -0.1) is 0 Å². The molecular weight excluding hydrogens is 397 g/mol. The number of rotatable bonds is 6. The summed E-state index contributed by atoms with van der Waals surface area (Å²) in [6.45, 7) is 3.73. The summed E-state index contributed by atoms with van der Waals surface area (Å²) in [4.78, 5) is 24.1. The molecule has 0 spiro atoms. The molecule has 3 aromatic rings. The fourth-order valence-electron chi connectivity index (χ4n) is 3.71. The lowest BCUT2D eigenvalue weighted by Gasteiger charge is -2.26. The summed E-state index contributed by atoms with van der Waals surface area (Å²) >= 11 is 0. The molecule has 2 fully saturated rings. The van der Waals surface area contributed by atoms with E-state index in [0.29, 0.717) is 36.5 Å². The molecule has 0 unspecified atom stereocenters. The van der Waals surface area contributed by atoms with Crippen molar-refractivity contribution in [1.82, 2.24) is 14.5 Å². The fraction of sp³-hybridized carbons (Fsp3) is 0.348. The molecule has 5 rings (SSSR count). The Bertz CT molecular complexity index is 1050. The van der Waals surface area contributed by atoms with Crippen molar-refractivity contribution >= 4 is 17.5 Å². The molecule has 3 heterocycles. The quantitative estimate of drug-likeness (QED) is 0.659. The minimum atomic E-state index is -0.335. The highest BCUT2D eigenvalue weighted by Crippen LogP contribution is 2.33. The molecule has 0 radical (unpaired) electrons. The van der Waals surface area contributed by atoms with Gasteiger partial charge in [0.15, 0.2) is 0 Å². The standard InChI is InChI=1S/C23H24FN5O2/c24-19-3-5-20(6-4-19)27-22(30)21-11-17(15-29(21)14-16-1-2-16)18-12-25-23(26-13-18)28-7-9-31-10-8-28/h3-6,11-13,15-16H,1-2,7-10,14H2,(H,27,30). The first-order valence-electron chi connectivity index (χ1n) is 10.6. The minimum Gasteiger partial charge on any atom is -0.378 e. The largest absolute Gasteiger partial charge is 0.378 e. The van der Waals surface area contributed by atoms with E-state index in [2.05, 4.69) is 20.2 Å². The number of hydrogen-bond donors (Lipinski definition) is 1. The third-order valence-corrected chi connectivity index (χ3v) is 5.65. The van der Waals surface area contributed by atoms with E-state index in [9.17, 15) is 9.18 Å². The lowest BCUT2D eigenvalue weighted by molar-refractivity contribution is 0.101.